The average molecular weight is 393 g/mol. The van der Waals surface area contributed by atoms with E-state index in [4.69, 9.17) is 21.1 Å². The Morgan fingerprint density at radius 2 is 2.26 bits per heavy atom. The summed E-state index contributed by atoms with van der Waals surface area (Å²) in [7, 11) is 0. The normalized spacial score (nSPS) is 13.2. The molecule has 0 spiro atoms. The molecule has 0 atom stereocenters. The lowest BCUT2D eigenvalue weighted by Gasteiger charge is -2.16. The molecule has 23 heavy (non-hydrogen) atoms. The Labute approximate surface area is 146 Å². The van der Waals surface area contributed by atoms with Crippen LogP contribution in [0.15, 0.2) is 58.9 Å². The first kappa shape index (κ1) is 15.8. The van der Waals surface area contributed by atoms with E-state index in [2.05, 4.69) is 20.9 Å². The lowest BCUT2D eigenvalue weighted by Crippen LogP contribution is -2.08. The standard InChI is InChI=1S/C17H11BrClNO3/c18-17-15(2-1-7-20-17)23-16(21)6-3-11-8-12-9-13(19)4-5-14(12)22-10-11/h1-9H,10H2. The van der Waals surface area contributed by atoms with E-state index < -0.39 is 5.97 Å². The molecule has 0 N–H and O–H groups in total. The molecule has 2 aromatic rings. The first-order valence-electron chi connectivity index (χ1n) is 6.75. The molecule has 2 heterocycles. The van der Waals surface area contributed by atoms with Crippen molar-refractivity contribution in [1.82, 2.24) is 4.98 Å². The van der Waals surface area contributed by atoms with Gasteiger partial charge in [-0.15, -0.1) is 0 Å². The molecule has 3 rings (SSSR count). The minimum Gasteiger partial charge on any atom is -0.488 e. The summed E-state index contributed by atoms with van der Waals surface area (Å²) in [5.41, 5.74) is 1.73. The maximum Gasteiger partial charge on any atom is 0.336 e. The molecule has 1 aliphatic heterocycles. The Bertz CT molecular complexity index is 817. The highest BCUT2D eigenvalue weighted by Gasteiger charge is 2.11. The zero-order valence-electron chi connectivity index (χ0n) is 11.8. The first-order valence-corrected chi connectivity index (χ1v) is 7.92. The maximum absolute atomic E-state index is 11.9. The number of halogens is 2. The molecule has 6 heteroatoms. The van der Waals surface area contributed by atoms with E-state index in [0.717, 1.165) is 16.9 Å². The van der Waals surface area contributed by atoms with Gasteiger partial charge in [0.1, 0.15) is 17.0 Å². The van der Waals surface area contributed by atoms with Crippen molar-refractivity contribution in [3.8, 4) is 11.5 Å². The van der Waals surface area contributed by atoms with Gasteiger partial charge in [0, 0.05) is 22.9 Å². The van der Waals surface area contributed by atoms with Gasteiger partial charge in [-0.05, 0) is 64.0 Å². The lowest BCUT2D eigenvalue weighted by atomic mass is 10.1. The van der Waals surface area contributed by atoms with Crippen LogP contribution in [0.1, 0.15) is 5.56 Å². The Hall–Kier alpha value is -2.11. The molecule has 0 aliphatic carbocycles. The van der Waals surface area contributed by atoms with Crippen LogP contribution in [0.25, 0.3) is 6.08 Å². The van der Waals surface area contributed by atoms with Gasteiger partial charge in [0.25, 0.3) is 0 Å². The highest BCUT2D eigenvalue weighted by molar-refractivity contribution is 9.10. The molecule has 0 saturated heterocycles. The molecule has 0 bridgehead atoms. The van der Waals surface area contributed by atoms with E-state index in [9.17, 15) is 4.79 Å². The molecular weight excluding hydrogens is 382 g/mol. The second-order valence-corrected chi connectivity index (χ2v) is 5.92. The number of aromatic nitrogens is 1. The van der Waals surface area contributed by atoms with Crippen LogP contribution in [0, 0.1) is 0 Å². The average Bonchev–Trinajstić information content (AvgIpc) is 2.54. The largest absolute Gasteiger partial charge is 0.488 e. The van der Waals surface area contributed by atoms with Gasteiger partial charge in [-0.25, -0.2) is 9.78 Å². The Morgan fingerprint density at radius 1 is 1.39 bits per heavy atom. The minimum atomic E-state index is -0.489. The van der Waals surface area contributed by atoms with Crippen LogP contribution in [-0.2, 0) is 4.79 Å². The maximum atomic E-state index is 11.9. The van der Waals surface area contributed by atoms with Crippen molar-refractivity contribution in [3.05, 3.63) is 69.4 Å². The van der Waals surface area contributed by atoms with Crippen LogP contribution in [0.4, 0.5) is 0 Å². The van der Waals surface area contributed by atoms with Crippen LogP contribution in [0.3, 0.4) is 0 Å². The molecule has 116 valence electrons. The molecule has 0 amide bonds. The zero-order chi connectivity index (χ0) is 16.2. The highest BCUT2D eigenvalue weighted by Crippen LogP contribution is 2.29. The topological polar surface area (TPSA) is 48.4 Å². The number of fused-ring (bicyclic) bond motifs is 1. The van der Waals surface area contributed by atoms with Gasteiger partial charge in [-0.2, -0.15) is 0 Å². The summed E-state index contributed by atoms with van der Waals surface area (Å²) in [4.78, 5) is 15.8. The van der Waals surface area contributed by atoms with Crippen molar-refractivity contribution in [2.75, 3.05) is 6.61 Å². The summed E-state index contributed by atoms with van der Waals surface area (Å²) >= 11 is 9.19. The third-order valence-electron chi connectivity index (χ3n) is 3.08. The second kappa shape index (κ2) is 6.98. The minimum absolute atomic E-state index is 0.369. The van der Waals surface area contributed by atoms with Crippen molar-refractivity contribution in [1.29, 1.82) is 0 Å². The molecule has 0 fully saturated rings. The predicted molar refractivity (Wildman–Crippen MR) is 91.6 cm³/mol. The van der Waals surface area contributed by atoms with Gasteiger partial charge in [-0.1, -0.05) is 11.6 Å². The van der Waals surface area contributed by atoms with Crippen LogP contribution >= 0.6 is 27.5 Å². The number of carbonyl (C=O) groups excluding carboxylic acids is 1. The summed E-state index contributed by atoms with van der Waals surface area (Å²) in [6.45, 7) is 0.384. The van der Waals surface area contributed by atoms with Gasteiger partial charge in [0.2, 0.25) is 0 Å². The highest BCUT2D eigenvalue weighted by atomic mass is 79.9. The molecule has 0 radical (unpaired) electrons. The molecule has 0 saturated carbocycles. The van der Waals surface area contributed by atoms with Gasteiger partial charge >= 0.3 is 5.97 Å². The summed E-state index contributed by atoms with van der Waals surface area (Å²) in [5.74, 6) is 0.651. The summed E-state index contributed by atoms with van der Waals surface area (Å²) in [6, 6.07) is 8.76. The number of esters is 1. The third-order valence-corrected chi connectivity index (χ3v) is 3.91. The number of hydrogen-bond donors (Lipinski definition) is 0. The molecule has 1 aliphatic rings. The van der Waals surface area contributed by atoms with E-state index in [1.54, 1.807) is 30.5 Å². The third kappa shape index (κ3) is 4.00. The number of nitrogens with zero attached hydrogens (tertiary/aromatic N) is 1. The number of pyridine rings is 1. The first-order chi connectivity index (χ1) is 11.1. The van der Waals surface area contributed by atoms with Crippen molar-refractivity contribution >= 4 is 39.6 Å². The van der Waals surface area contributed by atoms with E-state index in [-0.39, 0.29) is 0 Å². The summed E-state index contributed by atoms with van der Waals surface area (Å²) < 4.78 is 11.3. The number of hydrogen-bond acceptors (Lipinski definition) is 4. The quantitative estimate of drug-likeness (QED) is 0.440. The fourth-order valence-corrected chi connectivity index (χ4v) is 2.54. The van der Waals surface area contributed by atoms with Crippen LogP contribution < -0.4 is 9.47 Å². The summed E-state index contributed by atoms with van der Waals surface area (Å²) in [5, 5.41) is 0.634. The van der Waals surface area contributed by atoms with E-state index in [0.29, 0.717) is 22.0 Å². The van der Waals surface area contributed by atoms with Crippen molar-refractivity contribution in [2.45, 2.75) is 0 Å². The Morgan fingerprint density at radius 3 is 3.09 bits per heavy atom. The molecule has 0 unspecified atom stereocenters. The van der Waals surface area contributed by atoms with Crippen molar-refractivity contribution < 1.29 is 14.3 Å². The number of ether oxygens (including phenoxy) is 2. The van der Waals surface area contributed by atoms with Crippen LogP contribution in [0.5, 0.6) is 11.5 Å². The zero-order valence-corrected chi connectivity index (χ0v) is 14.2. The van der Waals surface area contributed by atoms with Crippen molar-refractivity contribution in [3.63, 3.8) is 0 Å². The van der Waals surface area contributed by atoms with Gasteiger partial charge in [0.05, 0.1) is 0 Å². The SMILES string of the molecule is O=C(C=CC1=Cc2cc(Cl)ccc2OC1)Oc1cccnc1Br. The predicted octanol–water partition coefficient (Wildman–Crippen LogP) is 4.44. The Kier molecular flexibility index (Phi) is 4.79. The monoisotopic (exact) mass is 391 g/mol. The van der Waals surface area contributed by atoms with Gasteiger partial charge < -0.3 is 9.47 Å². The molecule has 1 aromatic carbocycles. The van der Waals surface area contributed by atoms with E-state index >= 15 is 0 Å². The lowest BCUT2D eigenvalue weighted by molar-refractivity contribution is -0.129. The van der Waals surface area contributed by atoms with Crippen molar-refractivity contribution in [2.24, 2.45) is 0 Å². The van der Waals surface area contributed by atoms with Gasteiger partial charge in [0.15, 0.2) is 5.75 Å². The fraction of sp³-hybridized carbons (Fsp3) is 0.0588. The molecular formula is C17H11BrClNO3. The van der Waals surface area contributed by atoms with E-state index in [1.807, 2.05) is 18.2 Å². The van der Waals surface area contributed by atoms with E-state index in [1.165, 1.54) is 6.08 Å². The fourth-order valence-electron chi connectivity index (χ4n) is 2.03. The Balaban J connectivity index is 1.71. The van der Waals surface area contributed by atoms with Crippen LogP contribution in [-0.4, -0.2) is 17.6 Å². The number of benzene rings is 1. The number of carbonyl (C=O) groups is 1. The smallest absolute Gasteiger partial charge is 0.336 e. The second-order valence-electron chi connectivity index (χ2n) is 4.74. The molecule has 4 nitrogen and oxygen atoms in total. The van der Waals surface area contributed by atoms with Gasteiger partial charge in [-0.3, -0.25) is 0 Å². The molecule has 1 aromatic heterocycles. The number of rotatable bonds is 3. The summed E-state index contributed by atoms with van der Waals surface area (Å²) in [6.07, 6.45) is 6.54. The van der Waals surface area contributed by atoms with Crippen LogP contribution in [0.2, 0.25) is 5.02 Å².